The second kappa shape index (κ2) is 6.35. The normalized spacial score (nSPS) is 11.2. The van der Waals surface area contributed by atoms with Crippen LogP contribution in [0.25, 0.3) is 0 Å². The molecule has 1 aromatic rings. The van der Waals surface area contributed by atoms with Crippen molar-refractivity contribution >= 4 is 0 Å². The lowest BCUT2D eigenvalue weighted by Crippen LogP contribution is -2.35. The molecule has 1 heterocycles. The predicted molar refractivity (Wildman–Crippen MR) is 68.9 cm³/mol. The van der Waals surface area contributed by atoms with Crippen molar-refractivity contribution in [3.63, 3.8) is 0 Å². The van der Waals surface area contributed by atoms with Crippen LogP contribution in [0, 0.1) is 0 Å². The molecule has 0 bridgehead atoms. The molecule has 0 radical (unpaired) electrons. The molecule has 4 nitrogen and oxygen atoms in total. The van der Waals surface area contributed by atoms with E-state index in [4.69, 9.17) is 4.74 Å². The molecule has 4 heteroatoms. The van der Waals surface area contributed by atoms with Crippen LogP contribution in [0.5, 0.6) is 5.88 Å². The van der Waals surface area contributed by atoms with Gasteiger partial charge in [0, 0.05) is 18.3 Å². The smallest absolute Gasteiger partial charge is 0.232 e. The minimum Gasteiger partial charge on any atom is -0.476 e. The third-order valence-electron chi connectivity index (χ3n) is 2.03. The molecule has 0 atom stereocenters. The minimum absolute atomic E-state index is 0.0708. The van der Waals surface area contributed by atoms with Crippen LogP contribution in [0.3, 0.4) is 0 Å². The number of hydrogen-bond acceptors (Lipinski definition) is 4. The standard InChI is InChI=1S/C13H21N3O/c1-5-6-7-17-12-10-14-8-11(16-12)9-15-13(2,3)4/h5,8,10,15H,1,6-7,9H2,2-4H3. The van der Waals surface area contributed by atoms with E-state index in [2.05, 4.69) is 42.6 Å². The highest BCUT2D eigenvalue weighted by molar-refractivity contribution is 5.08. The maximum atomic E-state index is 5.45. The summed E-state index contributed by atoms with van der Waals surface area (Å²) >= 11 is 0. The molecule has 0 aliphatic carbocycles. The van der Waals surface area contributed by atoms with Crippen LogP contribution in [0.15, 0.2) is 25.0 Å². The third kappa shape index (κ3) is 6.02. The van der Waals surface area contributed by atoms with Crippen molar-refractivity contribution in [2.75, 3.05) is 6.61 Å². The summed E-state index contributed by atoms with van der Waals surface area (Å²) in [5.74, 6) is 0.569. The van der Waals surface area contributed by atoms with Crippen LogP contribution in [0.2, 0.25) is 0 Å². The van der Waals surface area contributed by atoms with Crippen molar-refractivity contribution in [2.45, 2.75) is 39.3 Å². The van der Waals surface area contributed by atoms with Crippen LogP contribution in [0.4, 0.5) is 0 Å². The Labute approximate surface area is 103 Å². The van der Waals surface area contributed by atoms with Crippen LogP contribution >= 0.6 is 0 Å². The number of aromatic nitrogens is 2. The van der Waals surface area contributed by atoms with Gasteiger partial charge in [-0.15, -0.1) is 6.58 Å². The molecule has 17 heavy (non-hydrogen) atoms. The van der Waals surface area contributed by atoms with Crippen LogP contribution in [-0.2, 0) is 6.54 Å². The molecule has 0 unspecified atom stereocenters. The molecule has 1 rings (SSSR count). The molecule has 0 amide bonds. The highest BCUT2D eigenvalue weighted by atomic mass is 16.5. The number of ether oxygens (including phenoxy) is 1. The Bertz CT molecular complexity index is 358. The summed E-state index contributed by atoms with van der Waals surface area (Å²) in [4.78, 5) is 8.48. The monoisotopic (exact) mass is 235 g/mol. The first-order chi connectivity index (χ1) is 8.01. The molecular weight excluding hydrogens is 214 g/mol. The number of hydrogen-bond donors (Lipinski definition) is 1. The van der Waals surface area contributed by atoms with E-state index in [-0.39, 0.29) is 5.54 Å². The molecule has 0 saturated heterocycles. The van der Waals surface area contributed by atoms with Crippen molar-refractivity contribution < 1.29 is 4.74 Å². The van der Waals surface area contributed by atoms with Crippen molar-refractivity contribution in [1.29, 1.82) is 0 Å². The van der Waals surface area contributed by atoms with Crippen molar-refractivity contribution in [3.05, 3.63) is 30.7 Å². The Hall–Kier alpha value is -1.42. The van der Waals surface area contributed by atoms with E-state index < -0.39 is 0 Å². The first-order valence-electron chi connectivity index (χ1n) is 5.81. The Morgan fingerprint density at radius 2 is 2.18 bits per heavy atom. The number of nitrogens with zero attached hydrogens (tertiary/aromatic N) is 2. The molecule has 0 fully saturated rings. The fourth-order valence-corrected chi connectivity index (χ4v) is 1.14. The summed E-state index contributed by atoms with van der Waals surface area (Å²) in [7, 11) is 0. The quantitative estimate of drug-likeness (QED) is 0.607. The molecule has 0 spiro atoms. The Morgan fingerprint density at radius 1 is 1.41 bits per heavy atom. The zero-order chi connectivity index (χ0) is 12.7. The van der Waals surface area contributed by atoms with Gasteiger partial charge in [-0.3, -0.25) is 4.98 Å². The van der Waals surface area contributed by atoms with Gasteiger partial charge in [0.05, 0.1) is 18.5 Å². The van der Waals surface area contributed by atoms with Gasteiger partial charge in [-0.05, 0) is 27.2 Å². The molecular formula is C13H21N3O. The number of rotatable bonds is 6. The van der Waals surface area contributed by atoms with E-state index in [9.17, 15) is 0 Å². The Balaban J connectivity index is 2.50. The van der Waals surface area contributed by atoms with Crippen LogP contribution in [-0.4, -0.2) is 22.1 Å². The minimum atomic E-state index is 0.0708. The van der Waals surface area contributed by atoms with Gasteiger partial charge >= 0.3 is 0 Å². The maximum Gasteiger partial charge on any atom is 0.232 e. The van der Waals surface area contributed by atoms with Gasteiger partial charge in [0.15, 0.2) is 0 Å². The van der Waals surface area contributed by atoms with Crippen molar-refractivity contribution in [3.8, 4) is 5.88 Å². The van der Waals surface area contributed by atoms with E-state index >= 15 is 0 Å². The average molecular weight is 235 g/mol. The van der Waals surface area contributed by atoms with Crippen LogP contribution < -0.4 is 10.1 Å². The summed E-state index contributed by atoms with van der Waals surface area (Å²) < 4.78 is 5.45. The molecule has 0 aliphatic heterocycles. The van der Waals surface area contributed by atoms with Crippen molar-refractivity contribution in [2.24, 2.45) is 0 Å². The van der Waals surface area contributed by atoms with E-state index in [0.29, 0.717) is 19.0 Å². The molecule has 0 aliphatic rings. The Morgan fingerprint density at radius 3 is 2.82 bits per heavy atom. The third-order valence-corrected chi connectivity index (χ3v) is 2.03. The van der Waals surface area contributed by atoms with E-state index in [0.717, 1.165) is 12.1 Å². The predicted octanol–water partition coefficient (Wildman–Crippen LogP) is 2.32. The lowest BCUT2D eigenvalue weighted by atomic mass is 10.1. The first-order valence-corrected chi connectivity index (χ1v) is 5.81. The van der Waals surface area contributed by atoms with E-state index in [1.54, 1.807) is 12.4 Å². The second-order valence-corrected chi connectivity index (χ2v) is 4.88. The van der Waals surface area contributed by atoms with Crippen LogP contribution in [0.1, 0.15) is 32.9 Å². The fourth-order valence-electron chi connectivity index (χ4n) is 1.14. The summed E-state index contributed by atoms with van der Waals surface area (Å²) in [5.41, 5.74) is 0.956. The van der Waals surface area contributed by atoms with Gasteiger partial charge in [-0.2, -0.15) is 0 Å². The molecule has 1 aromatic heterocycles. The number of nitrogens with one attached hydrogen (secondary N) is 1. The van der Waals surface area contributed by atoms with Crippen molar-refractivity contribution in [1.82, 2.24) is 15.3 Å². The summed E-state index contributed by atoms with van der Waals surface area (Å²) in [6.45, 7) is 11.3. The second-order valence-electron chi connectivity index (χ2n) is 4.88. The zero-order valence-corrected chi connectivity index (χ0v) is 10.9. The van der Waals surface area contributed by atoms with E-state index in [1.807, 2.05) is 6.08 Å². The largest absolute Gasteiger partial charge is 0.476 e. The lowest BCUT2D eigenvalue weighted by Gasteiger charge is -2.20. The van der Waals surface area contributed by atoms with Gasteiger partial charge < -0.3 is 10.1 Å². The molecule has 0 saturated carbocycles. The summed E-state index contributed by atoms with van der Waals surface area (Å²) in [6, 6.07) is 0. The highest BCUT2D eigenvalue weighted by Gasteiger charge is 2.09. The van der Waals surface area contributed by atoms with Gasteiger partial charge in [0.25, 0.3) is 0 Å². The fraction of sp³-hybridized carbons (Fsp3) is 0.538. The summed E-state index contributed by atoms with van der Waals surface area (Å²) in [6.07, 6.45) is 6.01. The van der Waals surface area contributed by atoms with Gasteiger partial charge in [0.1, 0.15) is 0 Å². The van der Waals surface area contributed by atoms with E-state index in [1.165, 1.54) is 0 Å². The molecule has 94 valence electrons. The zero-order valence-electron chi connectivity index (χ0n) is 10.9. The summed E-state index contributed by atoms with van der Waals surface area (Å²) in [5, 5.41) is 3.36. The topological polar surface area (TPSA) is 47.0 Å². The SMILES string of the molecule is C=CCCOc1cncc(CNC(C)(C)C)n1. The highest BCUT2D eigenvalue weighted by Crippen LogP contribution is 2.07. The van der Waals surface area contributed by atoms with Gasteiger partial charge in [0.2, 0.25) is 5.88 Å². The van der Waals surface area contributed by atoms with Gasteiger partial charge in [-0.1, -0.05) is 6.08 Å². The molecule has 1 N–H and O–H groups in total. The average Bonchev–Trinajstić information content (AvgIpc) is 2.27. The lowest BCUT2D eigenvalue weighted by molar-refractivity contribution is 0.309. The molecule has 0 aromatic carbocycles. The first kappa shape index (κ1) is 13.6. The van der Waals surface area contributed by atoms with Gasteiger partial charge in [-0.25, -0.2) is 4.98 Å². The Kier molecular flexibility index (Phi) is 5.10. The maximum absolute atomic E-state index is 5.45.